The number of nitrogens with one attached hydrogen (secondary N) is 1. The molecule has 1 aromatic rings. The van der Waals surface area contributed by atoms with Crippen LogP contribution in [0.5, 0.6) is 0 Å². The van der Waals surface area contributed by atoms with Crippen LogP contribution in [0.3, 0.4) is 0 Å². The molecule has 1 heterocycles. The molecule has 3 nitrogen and oxygen atoms in total. The summed E-state index contributed by atoms with van der Waals surface area (Å²) in [4.78, 5) is 14.8. The van der Waals surface area contributed by atoms with Gasteiger partial charge in [0.25, 0.3) is 5.91 Å². The molecular formula is C15H18BrClN2O. The minimum absolute atomic E-state index is 0.0625. The van der Waals surface area contributed by atoms with Crippen LogP contribution in [0.2, 0.25) is 5.02 Å². The average molecular weight is 358 g/mol. The zero-order chi connectivity index (χ0) is 14.1. The monoisotopic (exact) mass is 356 g/mol. The van der Waals surface area contributed by atoms with Gasteiger partial charge in [-0.1, -0.05) is 27.5 Å². The van der Waals surface area contributed by atoms with Crippen LogP contribution < -0.4 is 5.32 Å². The van der Waals surface area contributed by atoms with E-state index >= 15 is 0 Å². The van der Waals surface area contributed by atoms with Crippen molar-refractivity contribution in [3.63, 3.8) is 0 Å². The fourth-order valence-electron chi connectivity index (χ4n) is 2.75. The molecule has 5 heteroatoms. The standard InChI is InChI=1S/C15H18BrClN2O/c16-10-3-6-14(17)13(8-10)15(20)19(12-4-5-12)9-11-2-1-7-18-11/h3,6,8,11-12,18H,1-2,4-5,7,9H2. The van der Waals surface area contributed by atoms with E-state index < -0.39 is 0 Å². The van der Waals surface area contributed by atoms with E-state index in [0.29, 0.717) is 22.7 Å². The van der Waals surface area contributed by atoms with Gasteiger partial charge in [0.1, 0.15) is 0 Å². The Bertz CT molecular complexity index is 513. The maximum atomic E-state index is 12.8. The van der Waals surface area contributed by atoms with Crippen LogP contribution in [-0.2, 0) is 0 Å². The molecule has 1 aliphatic heterocycles. The minimum Gasteiger partial charge on any atom is -0.334 e. The molecule has 0 bridgehead atoms. The van der Waals surface area contributed by atoms with Crippen molar-refractivity contribution < 1.29 is 4.79 Å². The van der Waals surface area contributed by atoms with E-state index in [-0.39, 0.29) is 5.91 Å². The SMILES string of the molecule is O=C(c1cc(Br)ccc1Cl)N(CC1CCCN1)C1CC1. The Morgan fingerprint density at radius 3 is 2.85 bits per heavy atom. The first-order valence-electron chi connectivity index (χ1n) is 7.14. The summed E-state index contributed by atoms with van der Waals surface area (Å²) in [5.41, 5.74) is 0.603. The van der Waals surface area contributed by atoms with Crippen LogP contribution in [0, 0.1) is 0 Å². The molecular weight excluding hydrogens is 340 g/mol. The minimum atomic E-state index is 0.0625. The summed E-state index contributed by atoms with van der Waals surface area (Å²) in [7, 11) is 0. The molecule has 1 saturated carbocycles. The third kappa shape index (κ3) is 3.18. The highest BCUT2D eigenvalue weighted by molar-refractivity contribution is 9.10. The third-order valence-electron chi connectivity index (χ3n) is 3.99. The lowest BCUT2D eigenvalue weighted by Gasteiger charge is -2.26. The van der Waals surface area contributed by atoms with Gasteiger partial charge in [-0.25, -0.2) is 0 Å². The highest BCUT2D eigenvalue weighted by Crippen LogP contribution is 2.31. The first-order chi connectivity index (χ1) is 9.65. The molecule has 1 aromatic carbocycles. The highest BCUT2D eigenvalue weighted by atomic mass is 79.9. The van der Waals surface area contributed by atoms with Gasteiger partial charge < -0.3 is 10.2 Å². The van der Waals surface area contributed by atoms with Crippen molar-refractivity contribution >= 4 is 33.4 Å². The Labute approximate surface area is 132 Å². The quantitative estimate of drug-likeness (QED) is 0.895. The Morgan fingerprint density at radius 2 is 2.20 bits per heavy atom. The van der Waals surface area contributed by atoms with Gasteiger partial charge >= 0.3 is 0 Å². The van der Waals surface area contributed by atoms with E-state index in [1.165, 1.54) is 6.42 Å². The van der Waals surface area contributed by atoms with Crippen LogP contribution in [0.25, 0.3) is 0 Å². The van der Waals surface area contributed by atoms with E-state index in [1.807, 2.05) is 17.0 Å². The van der Waals surface area contributed by atoms with Crippen molar-refractivity contribution in [1.82, 2.24) is 10.2 Å². The van der Waals surface area contributed by atoms with Gasteiger partial charge in [-0.2, -0.15) is 0 Å². The number of amides is 1. The zero-order valence-corrected chi connectivity index (χ0v) is 13.6. The second kappa shape index (κ2) is 6.04. The second-order valence-electron chi connectivity index (χ2n) is 5.61. The van der Waals surface area contributed by atoms with Gasteiger partial charge in [-0.15, -0.1) is 0 Å². The largest absolute Gasteiger partial charge is 0.334 e. The summed E-state index contributed by atoms with van der Waals surface area (Å²) in [6, 6.07) is 6.30. The van der Waals surface area contributed by atoms with Gasteiger partial charge in [-0.3, -0.25) is 4.79 Å². The van der Waals surface area contributed by atoms with Crippen molar-refractivity contribution in [2.45, 2.75) is 37.8 Å². The molecule has 0 spiro atoms. The predicted molar refractivity (Wildman–Crippen MR) is 84.2 cm³/mol. The van der Waals surface area contributed by atoms with Crippen LogP contribution in [0.4, 0.5) is 0 Å². The first-order valence-corrected chi connectivity index (χ1v) is 8.31. The molecule has 108 valence electrons. The van der Waals surface area contributed by atoms with E-state index in [0.717, 1.165) is 36.8 Å². The molecule has 2 fully saturated rings. The molecule has 0 radical (unpaired) electrons. The summed E-state index contributed by atoms with van der Waals surface area (Å²) >= 11 is 9.61. The first kappa shape index (κ1) is 14.4. The Hall–Kier alpha value is -0.580. The summed E-state index contributed by atoms with van der Waals surface area (Å²) in [5.74, 6) is 0.0625. The summed E-state index contributed by atoms with van der Waals surface area (Å²) < 4.78 is 0.889. The van der Waals surface area contributed by atoms with Crippen LogP contribution in [-0.4, -0.2) is 36.0 Å². The predicted octanol–water partition coefficient (Wildman–Crippen LogP) is 3.46. The lowest BCUT2D eigenvalue weighted by atomic mass is 10.1. The number of nitrogens with zero attached hydrogens (tertiary/aromatic N) is 1. The number of halogens is 2. The van der Waals surface area contributed by atoms with Gasteiger partial charge in [0.2, 0.25) is 0 Å². The molecule has 0 aromatic heterocycles. The smallest absolute Gasteiger partial charge is 0.255 e. The Balaban J connectivity index is 1.79. The van der Waals surface area contributed by atoms with Crippen molar-refractivity contribution in [3.05, 3.63) is 33.3 Å². The molecule has 20 heavy (non-hydrogen) atoms. The van der Waals surface area contributed by atoms with E-state index in [9.17, 15) is 4.79 Å². The fourth-order valence-corrected chi connectivity index (χ4v) is 3.31. The number of carbonyl (C=O) groups is 1. The maximum absolute atomic E-state index is 12.8. The molecule has 2 aliphatic rings. The highest BCUT2D eigenvalue weighted by Gasteiger charge is 2.35. The van der Waals surface area contributed by atoms with Crippen LogP contribution >= 0.6 is 27.5 Å². The van der Waals surface area contributed by atoms with Crippen molar-refractivity contribution in [1.29, 1.82) is 0 Å². The van der Waals surface area contributed by atoms with Gasteiger partial charge in [0.05, 0.1) is 10.6 Å². The number of hydrogen-bond acceptors (Lipinski definition) is 2. The van der Waals surface area contributed by atoms with E-state index in [4.69, 9.17) is 11.6 Å². The number of hydrogen-bond donors (Lipinski definition) is 1. The molecule has 1 atom stereocenters. The van der Waals surface area contributed by atoms with Crippen LogP contribution in [0.1, 0.15) is 36.0 Å². The molecule has 1 amide bonds. The molecule has 3 rings (SSSR count). The lowest BCUT2D eigenvalue weighted by molar-refractivity contribution is 0.0728. The summed E-state index contributed by atoms with van der Waals surface area (Å²) in [6.45, 7) is 1.86. The van der Waals surface area contributed by atoms with Crippen LogP contribution in [0.15, 0.2) is 22.7 Å². The fraction of sp³-hybridized carbons (Fsp3) is 0.533. The zero-order valence-electron chi connectivity index (χ0n) is 11.2. The van der Waals surface area contributed by atoms with Crippen molar-refractivity contribution in [2.75, 3.05) is 13.1 Å². The number of rotatable bonds is 4. The Kier molecular flexibility index (Phi) is 4.34. The average Bonchev–Trinajstić information content (AvgIpc) is 3.15. The lowest BCUT2D eigenvalue weighted by Crippen LogP contribution is -2.42. The molecule has 1 aliphatic carbocycles. The molecule has 1 N–H and O–H groups in total. The molecule has 1 saturated heterocycles. The molecule has 1 unspecified atom stereocenters. The number of carbonyl (C=O) groups excluding carboxylic acids is 1. The van der Waals surface area contributed by atoms with Gasteiger partial charge in [0, 0.05) is 23.1 Å². The normalized spacial score (nSPS) is 22.0. The van der Waals surface area contributed by atoms with Gasteiger partial charge in [-0.05, 0) is 50.4 Å². The van der Waals surface area contributed by atoms with E-state index in [2.05, 4.69) is 21.2 Å². The van der Waals surface area contributed by atoms with Crippen molar-refractivity contribution in [3.8, 4) is 0 Å². The summed E-state index contributed by atoms with van der Waals surface area (Å²) in [5, 5.41) is 4.00. The van der Waals surface area contributed by atoms with E-state index in [1.54, 1.807) is 6.07 Å². The number of benzene rings is 1. The third-order valence-corrected chi connectivity index (χ3v) is 4.81. The van der Waals surface area contributed by atoms with Crippen molar-refractivity contribution in [2.24, 2.45) is 0 Å². The Morgan fingerprint density at radius 1 is 1.40 bits per heavy atom. The summed E-state index contributed by atoms with van der Waals surface area (Å²) in [6.07, 6.45) is 4.59. The van der Waals surface area contributed by atoms with Gasteiger partial charge in [0.15, 0.2) is 0 Å². The second-order valence-corrected chi connectivity index (χ2v) is 6.93. The topological polar surface area (TPSA) is 32.3 Å². The maximum Gasteiger partial charge on any atom is 0.255 e.